The lowest BCUT2D eigenvalue weighted by atomic mass is 10.1. The van der Waals surface area contributed by atoms with Crippen LogP contribution in [0.25, 0.3) is 23.0 Å². The van der Waals surface area contributed by atoms with E-state index in [0.717, 1.165) is 35.3 Å². The SMILES string of the molecule is O=C(/C=C/c1cn(-c2ccccc2)nc1-c1ccccc1)NCC(=O)NC1CC1. The molecule has 0 saturated heterocycles. The largest absolute Gasteiger partial charge is 0.352 e. The molecule has 0 aliphatic heterocycles. The van der Waals surface area contributed by atoms with Gasteiger partial charge in [0.1, 0.15) is 0 Å². The van der Waals surface area contributed by atoms with Crippen LogP contribution in [0.3, 0.4) is 0 Å². The van der Waals surface area contributed by atoms with E-state index >= 15 is 0 Å². The number of para-hydroxylation sites is 1. The van der Waals surface area contributed by atoms with E-state index in [0.29, 0.717) is 0 Å². The second-order valence-corrected chi connectivity index (χ2v) is 6.97. The van der Waals surface area contributed by atoms with Crippen molar-refractivity contribution in [3.8, 4) is 16.9 Å². The highest BCUT2D eigenvalue weighted by atomic mass is 16.2. The Labute approximate surface area is 169 Å². The molecule has 1 fully saturated rings. The van der Waals surface area contributed by atoms with Crippen LogP contribution in [-0.2, 0) is 9.59 Å². The molecule has 0 bridgehead atoms. The number of aromatic nitrogens is 2. The fraction of sp³-hybridized carbons (Fsp3) is 0.174. The first-order valence-electron chi connectivity index (χ1n) is 9.65. The Morgan fingerprint density at radius 3 is 2.41 bits per heavy atom. The summed E-state index contributed by atoms with van der Waals surface area (Å²) in [5.41, 5.74) is 3.50. The monoisotopic (exact) mass is 386 g/mol. The average Bonchev–Trinajstić information content (AvgIpc) is 3.47. The third-order valence-electron chi connectivity index (χ3n) is 4.59. The fourth-order valence-electron chi connectivity index (χ4n) is 2.94. The maximum atomic E-state index is 12.1. The van der Waals surface area contributed by atoms with Gasteiger partial charge >= 0.3 is 0 Å². The van der Waals surface area contributed by atoms with E-state index in [-0.39, 0.29) is 24.4 Å². The van der Waals surface area contributed by atoms with E-state index in [1.54, 1.807) is 10.8 Å². The predicted molar refractivity (Wildman–Crippen MR) is 112 cm³/mol. The van der Waals surface area contributed by atoms with Crippen molar-refractivity contribution in [2.75, 3.05) is 6.54 Å². The molecule has 0 atom stereocenters. The lowest BCUT2D eigenvalue weighted by molar-refractivity contribution is -0.124. The number of nitrogens with zero attached hydrogens (tertiary/aromatic N) is 2. The predicted octanol–water partition coefficient (Wildman–Crippen LogP) is 2.95. The molecule has 1 saturated carbocycles. The van der Waals surface area contributed by atoms with Crippen LogP contribution in [0.4, 0.5) is 0 Å². The molecule has 3 aromatic rings. The van der Waals surface area contributed by atoms with Crippen molar-refractivity contribution in [2.24, 2.45) is 0 Å². The minimum absolute atomic E-state index is 0.0194. The Balaban J connectivity index is 1.51. The number of amides is 2. The van der Waals surface area contributed by atoms with Gasteiger partial charge in [-0.3, -0.25) is 9.59 Å². The van der Waals surface area contributed by atoms with E-state index < -0.39 is 0 Å². The molecular weight excluding hydrogens is 364 g/mol. The number of benzene rings is 2. The van der Waals surface area contributed by atoms with Crippen LogP contribution >= 0.6 is 0 Å². The Morgan fingerprint density at radius 2 is 1.72 bits per heavy atom. The van der Waals surface area contributed by atoms with Crippen LogP contribution in [-0.4, -0.2) is 34.2 Å². The second-order valence-electron chi connectivity index (χ2n) is 6.97. The summed E-state index contributed by atoms with van der Waals surface area (Å²) in [6.45, 7) is -0.0194. The van der Waals surface area contributed by atoms with Gasteiger partial charge in [0, 0.05) is 29.4 Å². The van der Waals surface area contributed by atoms with Gasteiger partial charge in [-0.2, -0.15) is 5.10 Å². The average molecular weight is 386 g/mol. The lowest BCUT2D eigenvalue weighted by Gasteiger charge is -2.03. The standard InChI is InChI=1S/C23H22N4O2/c28-21(24-15-22(29)25-19-12-13-19)14-11-18-16-27(20-9-5-2-6-10-20)26-23(18)17-7-3-1-4-8-17/h1-11,14,16,19H,12-13,15H2,(H,24,28)(H,25,29)/b14-11+. The van der Waals surface area contributed by atoms with Gasteiger partial charge in [0.25, 0.3) is 0 Å². The van der Waals surface area contributed by atoms with Crippen LogP contribution in [0.15, 0.2) is 72.9 Å². The second kappa shape index (κ2) is 8.56. The van der Waals surface area contributed by atoms with E-state index in [2.05, 4.69) is 10.6 Å². The van der Waals surface area contributed by atoms with Gasteiger partial charge in [-0.15, -0.1) is 0 Å². The number of nitrogens with one attached hydrogen (secondary N) is 2. The number of hydrogen-bond acceptors (Lipinski definition) is 3. The summed E-state index contributed by atoms with van der Waals surface area (Å²) >= 11 is 0. The molecule has 2 amide bonds. The highest BCUT2D eigenvalue weighted by molar-refractivity contribution is 5.95. The van der Waals surface area contributed by atoms with Gasteiger partial charge in [-0.05, 0) is 31.1 Å². The van der Waals surface area contributed by atoms with Gasteiger partial charge in [0.05, 0.1) is 17.9 Å². The highest BCUT2D eigenvalue weighted by Gasteiger charge is 2.23. The lowest BCUT2D eigenvalue weighted by Crippen LogP contribution is -2.37. The van der Waals surface area contributed by atoms with E-state index in [1.165, 1.54) is 6.08 Å². The molecule has 0 spiro atoms. The minimum Gasteiger partial charge on any atom is -0.352 e. The van der Waals surface area contributed by atoms with Gasteiger partial charge in [-0.1, -0.05) is 48.5 Å². The van der Waals surface area contributed by atoms with Crippen molar-refractivity contribution in [3.05, 3.63) is 78.5 Å². The minimum atomic E-state index is -0.317. The van der Waals surface area contributed by atoms with Crippen LogP contribution < -0.4 is 10.6 Å². The molecule has 2 N–H and O–H groups in total. The van der Waals surface area contributed by atoms with Crippen LogP contribution in [0, 0.1) is 0 Å². The maximum Gasteiger partial charge on any atom is 0.244 e. The zero-order valence-corrected chi connectivity index (χ0v) is 15.9. The molecule has 0 radical (unpaired) electrons. The van der Waals surface area contributed by atoms with Gasteiger partial charge in [0.15, 0.2) is 0 Å². The smallest absolute Gasteiger partial charge is 0.244 e. The maximum absolute atomic E-state index is 12.1. The molecule has 1 aliphatic carbocycles. The van der Waals surface area contributed by atoms with Crippen molar-refractivity contribution >= 4 is 17.9 Å². The summed E-state index contributed by atoms with van der Waals surface area (Å²) in [6, 6.07) is 19.9. The molecule has 6 heteroatoms. The molecule has 146 valence electrons. The van der Waals surface area contributed by atoms with Gasteiger partial charge < -0.3 is 10.6 Å². The molecule has 4 rings (SSSR count). The van der Waals surface area contributed by atoms with E-state index in [1.807, 2.05) is 66.9 Å². The summed E-state index contributed by atoms with van der Waals surface area (Å²) in [5, 5.41) is 10.2. The molecule has 29 heavy (non-hydrogen) atoms. The Morgan fingerprint density at radius 1 is 1.03 bits per heavy atom. The van der Waals surface area contributed by atoms with Crippen LogP contribution in [0.2, 0.25) is 0 Å². The van der Waals surface area contributed by atoms with Crippen molar-refractivity contribution < 1.29 is 9.59 Å². The van der Waals surface area contributed by atoms with Gasteiger partial charge in [-0.25, -0.2) is 4.68 Å². The van der Waals surface area contributed by atoms with Crippen LogP contribution in [0.5, 0.6) is 0 Å². The summed E-state index contributed by atoms with van der Waals surface area (Å²) in [7, 11) is 0. The number of carbonyl (C=O) groups excluding carboxylic acids is 2. The first kappa shape index (κ1) is 18.7. The number of hydrogen-bond donors (Lipinski definition) is 2. The summed E-state index contributed by atoms with van der Waals surface area (Å²) < 4.78 is 1.79. The Kier molecular flexibility index (Phi) is 5.52. The zero-order chi connectivity index (χ0) is 20.1. The Hall–Kier alpha value is -3.67. The van der Waals surface area contributed by atoms with E-state index in [9.17, 15) is 9.59 Å². The highest BCUT2D eigenvalue weighted by Crippen LogP contribution is 2.24. The van der Waals surface area contributed by atoms with Crippen molar-refractivity contribution in [2.45, 2.75) is 18.9 Å². The summed E-state index contributed by atoms with van der Waals surface area (Å²) in [4.78, 5) is 23.8. The van der Waals surface area contributed by atoms with Crippen LogP contribution in [0.1, 0.15) is 18.4 Å². The normalized spacial score (nSPS) is 13.4. The molecule has 6 nitrogen and oxygen atoms in total. The van der Waals surface area contributed by atoms with Crippen molar-refractivity contribution in [1.29, 1.82) is 0 Å². The molecule has 0 unspecified atom stereocenters. The first-order chi connectivity index (χ1) is 14.2. The van der Waals surface area contributed by atoms with Gasteiger partial charge in [0.2, 0.25) is 11.8 Å². The summed E-state index contributed by atoms with van der Waals surface area (Å²) in [5.74, 6) is -0.474. The Bertz CT molecular complexity index is 1020. The van der Waals surface area contributed by atoms with Crippen molar-refractivity contribution in [3.63, 3.8) is 0 Å². The summed E-state index contributed by atoms with van der Waals surface area (Å²) in [6.07, 6.45) is 7.09. The quantitative estimate of drug-likeness (QED) is 0.613. The topological polar surface area (TPSA) is 76.0 Å². The first-order valence-corrected chi connectivity index (χ1v) is 9.65. The van der Waals surface area contributed by atoms with Crippen molar-refractivity contribution in [1.82, 2.24) is 20.4 Å². The fourth-order valence-corrected chi connectivity index (χ4v) is 2.94. The molecule has 2 aromatic carbocycles. The zero-order valence-electron chi connectivity index (χ0n) is 15.9. The number of rotatable bonds is 7. The molecule has 1 heterocycles. The third-order valence-corrected chi connectivity index (χ3v) is 4.59. The third kappa shape index (κ3) is 4.99. The van der Waals surface area contributed by atoms with E-state index in [4.69, 9.17) is 5.10 Å². The molecular formula is C23H22N4O2. The molecule has 1 aliphatic rings. The molecule has 1 aromatic heterocycles. The number of carbonyl (C=O) groups is 2.